The van der Waals surface area contributed by atoms with Crippen LogP contribution in [-0.4, -0.2) is 7.11 Å². The highest BCUT2D eigenvalue weighted by atomic mass is 19.1. The second-order valence-electron chi connectivity index (χ2n) is 4.32. The van der Waals surface area contributed by atoms with Gasteiger partial charge in [0.05, 0.1) is 19.4 Å². The van der Waals surface area contributed by atoms with Gasteiger partial charge < -0.3 is 9.15 Å². The molecule has 102 valence electrons. The van der Waals surface area contributed by atoms with Crippen LogP contribution >= 0.6 is 0 Å². The van der Waals surface area contributed by atoms with Gasteiger partial charge in [0.2, 0.25) is 0 Å². The number of nitrogens with one attached hydrogen (secondary N) is 1. The molecule has 0 bridgehead atoms. The van der Waals surface area contributed by atoms with Crippen LogP contribution in [0.1, 0.15) is 22.9 Å². The van der Waals surface area contributed by atoms with Crippen molar-refractivity contribution in [2.75, 3.05) is 7.11 Å². The summed E-state index contributed by atoms with van der Waals surface area (Å²) < 4.78 is 23.8. The highest BCUT2D eigenvalue weighted by molar-refractivity contribution is 5.31. The van der Waals surface area contributed by atoms with Gasteiger partial charge in [-0.25, -0.2) is 4.39 Å². The molecule has 1 aromatic carbocycles. The molecule has 0 aliphatic carbocycles. The number of nitrogens with two attached hydrogens (primary N) is 1. The Kier molecular flexibility index (Phi) is 4.19. The summed E-state index contributed by atoms with van der Waals surface area (Å²) in [5, 5.41) is 0. The molecule has 0 fully saturated rings. The normalized spacial score (nSPS) is 12.4. The quantitative estimate of drug-likeness (QED) is 0.643. The van der Waals surface area contributed by atoms with Crippen molar-refractivity contribution in [1.29, 1.82) is 0 Å². The SMILES string of the molecule is COc1ccc(CC(NN)c2ccoc2C)cc1F. The lowest BCUT2D eigenvalue weighted by Gasteiger charge is -2.15. The third-order valence-corrected chi connectivity index (χ3v) is 3.13. The van der Waals surface area contributed by atoms with Crippen molar-refractivity contribution in [3.63, 3.8) is 0 Å². The predicted molar refractivity (Wildman–Crippen MR) is 70.2 cm³/mol. The van der Waals surface area contributed by atoms with E-state index in [1.165, 1.54) is 13.2 Å². The maximum Gasteiger partial charge on any atom is 0.165 e. The molecule has 3 N–H and O–H groups in total. The molecule has 1 unspecified atom stereocenters. The second kappa shape index (κ2) is 5.86. The standard InChI is InChI=1S/C14H17FN2O2/c1-9-11(5-6-19-9)13(17-16)8-10-3-4-14(18-2)12(15)7-10/h3-7,13,17H,8,16H2,1-2H3. The number of halogens is 1. The first-order chi connectivity index (χ1) is 9.15. The number of methoxy groups -OCH3 is 1. The first-order valence-electron chi connectivity index (χ1n) is 5.98. The summed E-state index contributed by atoms with van der Waals surface area (Å²) in [7, 11) is 1.44. The molecule has 1 atom stereocenters. The Morgan fingerprint density at radius 3 is 2.74 bits per heavy atom. The summed E-state index contributed by atoms with van der Waals surface area (Å²) in [5.74, 6) is 6.23. The summed E-state index contributed by atoms with van der Waals surface area (Å²) in [4.78, 5) is 0. The zero-order chi connectivity index (χ0) is 13.8. The molecule has 0 spiro atoms. The van der Waals surface area contributed by atoms with Crippen molar-refractivity contribution >= 4 is 0 Å². The number of hydrogen-bond donors (Lipinski definition) is 2. The molecule has 0 aliphatic heterocycles. The Bertz CT molecular complexity index is 554. The van der Waals surface area contributed by atoms with Crippen molar-refractivity contribution in [3.05, 3.63) is 53.2 Å². The first-order valence-corrected chi connectivity index (χ1v) is 5.98. The molecule has 2 aromatic rings. The fraction of sp³-hybridized carbons (Fsp3) is 0.286. The van der Waals surface area contributed by atoms with Gasteiger partial charge in [0.25, 0.3) is 0 Å². The Morgan fingerprint density at radius 2 is 2.21 bits per heavy atom. The van der Waals surface area contributed by atoms with Gasteiger partial charge in [-0.05, 0) is 37.1 Å². The zero-order valence-corrected chi connectivity index (χ0v) is 10.9. The van der Waals surface area contributed by atoms with E-state index < -0.39 is 0 Å². The van der Waals surface area contributed by atoms with Crippen LogP contribution in [0.4, 0.5) is 4.39 Å². The Labute approximate surface area is 111 Å². The molecule has 2 rings (SSSR count). The summed E-state index contributed by atoms with van der Waals surface area (Å²) in [5.41, 5.74) is 4.53. The van der Waals surface area contributed by atoms with E-state index in [2.05, 4.69) is 5.43 Å². The molecule has 1 heterocycles. The van der Waals surface area contributed by atoms with Gasteiger partial charge in [-0.2, -0.15) is 0 Å². The van der Waals surface area contributed by atoms with Crippen LogP contribution in [0.2, 0.25) is 0 Å². The van der Waals surface area contributed by atoms with Crippen molar-refractivity contribution < 1.29 is 13.5 Å². The number of hydrazine groups is 1. The molecular formula is C14H17FN2O2. The van der Waals surface area contributed by atoms with E-state index in [9.17, 15) is 4.39 Å². The minimum atomic E-state index is -0.375. The lowest BCUT2D eigenvalue weighted by Crippen LogP contribution is -2.29. The third-order valence-electron chi connectivity index (χ3n) is 3.13. The first kappa shape index (κ1) is 13.6. The van der Waals surface area contributed by atoms with E-state index in [0.717, 1.165) is 16.9 Å². The van der Waals surface area contributed by atoms with E-state index in [1.54, 1.807) is 12.3 Å². The number of hydrogen-bond acceptors (Lipinski definition) is 4. The molecule has 0 amide bonds. The number of benzene rings is 1. The largest absolute Gasteiger partial charge is 0.494 e. The smallest absolute Gasteiger partial charge is 0.165 e. The minimum absolute atomic E-state index is 0.119. The molecular weight excluding hydrogens is 247 g/mol. The summed E-state index contributed by atoms with van der Waals surface area (Å²) in [6.07, 6.45) is 2.18. The highest BCUT2D eigenvalue weighted by Crippen LogP contribution is 2.24. The van der Waals surface area contributed by atoms with E-state index in [4.69, 9.17) is 15.0 Å². The number of ether oxygens (including phenoxy) is 1. The van der Waals surface area contributed by atoms with Gasteiger partial charge in [-0.3, -0.25) is 11.3 Å². The van der Waals surface area contributed by atoms with Crippen LogP contribution in [0.25, 0.3) is 0 Å². The molecule has 1 aromatic heterocycles. The maximum atomic E-state index is 13.6. The number of aryl methyl sites for hydroxylation is 1. The van der Waals surface area contributed by atoms with Crippen LogP contribution < -0.4 is 16.0 Å². The monoisotopic (exact) mass is 264 g/mol. The second-order valence-corrected chi connectivity index (χ2v) is 4.32. The van der Waals surface area contributed by atoms with Gasteiger partial charge in [0.15, 0.2) is 11.6 Å². The fourth-order valence-corrected chi connectivity index (χ4v) is 2.09. The van der Waals surface area contributed by atoms with Crippen LogP contribution in [-0.2, 0) is 6.42 Å². The third kappa shape index (κ3) is 2.94. The van der Waals surface area contributed by atoms with E-state index in [-0.39, 0.29) is 17.6 Å². The van der Waals surface area contributed by atoms with Crippen molar-refractivity contribution in [2.45, 2.75) is 19.4 Å². The Hall–Kier alpha value is -1.85. The lowest BCUT2D eigenvalue weighted by atomic mass is 10.00. The van der Waals surface area contributed by atoms with Gasteiger partial charge >= 0.3 is 0 Å². The van der Waals surface area contributed by atoms with E-state index >= 15 is 0 Å². The molecule has 0 radical (unpaired) electrons. The predicted octanol–water partition coefficient (Wildman–Crippen LogP) is 2.48. The van der Waals surface area contributed by atoms with Crippen LogP contribution in [0, 0.1) is 12.7 Å². The van der Waals surface area contributed by atoms with Gasteiger partial charge in [0, 0.05) is 5.56 Å². The minimum Gasteiger partial charge on any atom is -0.494 e. The fourth-order valence-electron chi connectivity index (χ4n) is 2.09. The highest BCUT2D eigenvalue weighted by Gasteiger charge is 2.16. The topological polar surface area (TPSA) is 60.4 Å². The molecule has 5 heteroatoms. The molecule has 0 saturated carbocycles. The molecule has 0 aliphatic rings. The van der Waals surface area contributed by atoms with Crippen LogP contribution in [0.3, 0.4) is 0 Å². The average molecular weight is 264 g/mol. The van der Waals surface area contributed by atoms with Gasteiger partial charge in [-0.1, -0.05) is 6.07 Å². The maximum absolute atomic E-state index is 13.6. The van der Waals surface area contributed by atoms with E-state index in [0.29, 0.717) is 6.42 Å². The summed E-state index contributed by atoms with van der Waals surface area (Å²) in [6, 6.07) is 6.63. The van der Waals surface area contributed by atoms with Crippen LogP contribution in [0.15, 0.2) is 34.9 Å². The van der Waals surface area contributed by atoms with Crippen molar-refractivity contribution in [2.24, 2.45) is 5.84 Å². The number of furan rings is 1. The van der Waals surface area contributed by atoms with Crippen molar-refractivity contribution in [3.8, 4) is 5.75 Å². The zero-order valence-electron chi connectivity index (χ0n) is 10.9. The van der Waals surface area contributed by atoms with Crippen LogP contribution in [0.5, 0.6) is 5.75 Å². The molecule has 4 nitrogen and oxygen atoms in total. The summed E-state index contributed by atoms with van der Waals surface area (Å²) in [6.45, 7) is 1.87. The van der Waals surface area contributed by atoms with Crippen molar-refractivity contribution in [1.82, 2.24) is 5.43 Å². The van der Waals surface area contributed by atoms with E-state index in [1.807, 2.05) is 19.1 Å². The number of rotatable bonds is 5. The average Bonchev–Trinajstić information content (AvgIpc) is 2.82. The molecule has 19 heavy (non-hydrogen) atoms. The molecule has 0 saturated heterocycles. The Morgan fingerprint density at radius 1 is 1.42 bits per heavy atom. The van der Waals surface area contributed by atoms with Gasteiger partial charge in [0.1, 0.15) is 5.76 Å². The Balaban J connectivity index is 2.19. The van der Waals surface area contributed by atoms with Gasteiger partial charge in [-0.15, -0.1) is 0 Å². The lowest BCUT2D eigenvalue weighted by molar-refractivity contribution is 0.386. The summed E-state index contributed by atoms with van der Waals surface area (Å²) >= 11 is 0.